The SMILES string of the molecule is CCCCCCCCCCCCCCCCN1C=CN(CCCCCCCCCCCCCCCC)C1CC. The smallest absolute Gasteiger partial charge is 0.100 e. The summed E-state index contributed by atoms with van der Waals surface area (Å²) in [7, 11) is 0. The summed E-state index contributed by atoms with van der Waals surface area (Å²) in [6.07, 6.45) is 47.1. The van der Waals surface area contributed by atoms with Gasteiger partial charge in [0.2, 0.25) is 0 Å². The molecular weight excluding hydrogens is 472 g/mol. The van der Waals surface area contributed by atoms with E-state index in [0.29, 0.717) is 6.17 Å². The van der Waals surface area contributed by atoms with Crippen molar-refractivity contribution in [2.24, 2.45) is 0 Å². The summed E-state index contributed by atoms with van der Waals surface area (Å²) in [5.74, 6) is 0. The van der Waals surface area contributed by atoms with Gasteiger partial charge in [-0.05, 0) is 19.3 Å². The van der Waals surface area contributed by atoms with Crippen molar-refractivity contribution in [3.05, 3.63) is 12.4 Å². The van der Waals surface area contributed by atoms with Gasteiger partial charge in [-0.3, -0.25) is 0 Å². The highest BCUT2D eigenvalue weighted by Crippen LogP contribution is 2.21. The van der Waals surface area contributed by atoms with E-state index in [1.54, 1.807) is 0 Å². The molecule has 1 heterocycles. The van der Waals surface area contributed by atoms with Crippen LogP contribution in [0, 0.1) is 0 Å². The first-order chi connectivity index (χ1) is 19.3. The minimum Gasteiger partial charge on any atom is -0.356 e. The molecule has 0 aromatic rings. The minimum atomic E-state index is 0.619. The number of hydrogen-bond donors (Lipinski definition) is 0. The van der Waals surface area contributed by atoms with Crippen molar-refractivity contribution in [2.75, 3.05) is 13.1 Å². The van der Waals surface area contributed by atoms with Crippen molar-refractivity contribution in [3.8, 4) is 0 Å². The average molecular weight is 547 g/mol. The quantitative estimate of drug-likeness (QED) is 0.0798. The van der Waals surface area contributed by atoms with Gasteiger partial charge in [-0.15, -0.1) is 0 Å². The first-order valence-corrected chi connectivity index (χ1v) is 18.5. The Kier molecular flexibility index (Phi) is 26.9. The molecule has 0 bridgehead atoms. The molecule has 0 aromatic heterocycles. The van der Waals surface area contributed by atoms with Gasteiger partial charge in [-0.2, -0.15) is 0 Å². The van der Waals surface area contributed by atoms with Gasteiger partial charge in [0.1, 0.15) is 6.17 Å². The third-order valence-electron chi connectivity index (χ3n) is 9.12. The molecule has 0 aromatic carbocycles. The zero-order valence-electron chi connectivity index (χ0n) is 27.5. The van der Waals surface area contributed by atoms with Crippen LogP contribution in [0.4, 0.5) is 0 Å². The van der Waals surface area contributed by atoms with E-state index in [1.165, 1.54) is 199 Å². The van der Waals surface area contributed by atoms with E-state index in [4.69, 9.17) is 0 Å². The fourth-order valence-corrected chi connectivity index (χ4v) is 6.45. The van der Waals surface area contributed by atoms with Crippen LogP contribution < -0.4 is 0 Å². The van der Waals surface area contributed by atoms with Crippen LogP contribution in [-0.2, 0) is 0 Å². The van der Waals surface area contributed by atoms with Crippen LogP contribution in [0.2, 0.25) is 0 Å². The Labute approximate surface area is 248 Å². The monoisotopic (exact) mass is 547 g/mol. The minimum absolute atomic E-state index is 0.619. The van der Waals surface area contributed by atoms with E-state index >= 15 is 0 Å². The maximum Gasteiger partial charge on any atom is 0.100 e. The second kappa shape index (κ2) is 28.9. The highest BCUT2D eigenvalue weighted by molar-refractivity contribution is 4.96. The third kappa shape index (κ3) is 21.7. The molecule has 0 saturated carbocycles. The second-order valence-electron chi connectivity index (χ2n) is 12.9. The summed E-state index contributed by atoms with van der Waals surface area (Å²) in [4.78, 5) is 5.26. The molecule has 2 nitrogen and oxygen atoms in total. The highest BCUT2D eigenvalue weighted by atomic mass is 15.4. The summed E-state index contributed by atoms with van der Waals surface area (Å²) in [6.45, 7) is 9.49. The average Bonchev–Trinajstić information content (AvgIpc) is 3.34. The molecule has 0 amide bonds. The predicted molar refractivity (Wildman–Crippen MR) is 177 cm³/mol. The van der Waals surface area contributed by atoms with Crippen LogP contribution >= 0.6 is 0 Å². The maximum atomic E-state index is 2.63. The van der Waals surface area contributed by atoms with Crippen LogP contribution in [-0.4, -0.2) is 29.1 Å². The van der Waals surface area contributed by atoms with Gasteiger partial charge < -0.3 is 9.80 Å². The zero-order chi connectivity index (χ0) is 28.1. The lowest BCUT2D eigenvalue weighted by molar-refractivity contribution is 0.144. The number of nitrogens with zero attached hydrogens (tertiary/aromatic N) is 2. The molecule has 0 atom stereocenters. The Balaban J connectivity index is 1.88. The molecule has 0 spiro atoms. The summed E-state index contributed by atoms with van der Waals surface area (Å²) in [5.41, 5.74) is 0. The number of rotatable bonds is 31. The summed E-state index contributed by atoms with van der Waals surface area (Å²) in [5, 5.41) is 0. The number of unbranched alkanes of at least 4 members (excludes halogenated alkanes) is 26. The summed E-state index contributed by atoms with van der Waals surface area (Å²) < 4.78 is 0. The molecule has 1 aliphatic heterocycles. The fraction of sp³-hybridized carbons (Fsp3) is 0.946. The van der Waals surface area contributed by atoms with Gasteiger partial charge in [0, 0.05) is 25.5 Å². The van der Waals surface area contributed by atoms with Crippen molar-refractivity contribution in [3.63, 3.8) is 0 Å². The van der Waals surface area contributed by atoms with Gasteiger partial charge in [0.25, 0.3) is 0 Å². The zero-order valence-corrected chi connectivity index (χ0v) is 27.5. The van der Waals surface area contributed by atoms with Crippen molar-refractivity contribution in [1.29, 1.82) is 0 Å². The van der Waals surface area contributed by atoms with Crippen molar-refractivity contribution >= 4 is 0 Å². The molecule has 39 heavy (non-hydrogen) atoms. The van der Waals surface area contributed by atoms with E-state index in [2.05, 4.69) is 43.0 Å². The first kappa shape index (κ1) is 36.4. The molecular formula is C37H74N2. The first-order valence-electron chi connectivity index (χ1n) is 18.5. The van der Waals surface area contributed by atoms with Gasteiger partial charge in [-0.1, -0.05) is 188 Å². The van der Waals surface area contributed by atoms with Crippen LogP contribution in [0.1, 0.15) is 207 Å². The molecule has 0 radical (unpaired) electrons. The van der Waals surface area contributed by atoms with Gasteiger partial charge in [0.15, 0.2) is 0 Å². The van der Waals surface area contributed by atoms with E-state index < -0.39 is 0 Å². The molecule has 0 fully saturated rings. The van der Waals surface area contributed by atoms with Gasteiger partial charge in [-0.25, -0.2) is 0 Å². The van der Waals surface area contributed by atoms with Crippen LogP contribution in [0.25, 0.3) is 0 Å². The Morgan fingerprint density at radius 1 is 0.333 bits per heavy atom. The predicted octanol–water partition coefficient (Wildman–Crippen LogP) is 12.8. The fourth-order valence-electron chi connectivity index (χ4n) is 6.45. The van der Waals surface area contributed by atoms with E-state index in [1.807, 2.05) is 0 Å². The Hall–Kier alpha value is -0.660. The third-order valence-corrected chi connectivity index (χ3v) is 9.12. The van der Waals surface area contributed by atoms with Gasteiger partial charge >= 0.3 is 0 Å². The van der Waals surface area contributed by atoms with Gasteiger partial charge in [0.05, 0.1) is 0 Å². The van der Waals surface area contributed by atoms with E-state index in [-0.39, 0.29) is 0 Å². The second-order valence-corrected chi connectivity index (χ2v) is 12.9. The molecule has 232 valence electrons. The lowest BCUT2D eigenvalue weighted by Crippen LogP contribution is -2.38. The van der Waals surface area contributed by atoms with Crippen molar-refractivity contribution < 1.29 is 0 Å². The summed E-state index contributed by atoms with van der Waals surface area (Å²) >= 11 is 0. The van der Waals surface area contributed by atoms with E-state index in [0.717, 1.165) is 0 Å². The lowest BCUT2D eigenvalue weighted by atomic mass is 10.0. The molecule has 0 N–H and O–H groups in total. The Morgan fingerprint density at radius 2 is 0.564 bits per heavy atom. The molecule has 1 rings (SSSR count). The normalized spacial score (nSPS) is 13.8. The standard InChI is InChI=1S/C37H74N2/c1-4-7-9-11-13-15-17-19-21-23-25-27-29-31-33-38-35-36-39(37(38)6-3)34-32-30-28-26-24-22-20-18-16-14-12-10-8-5-2/h35-37H,4-34H2,1-3H3. The van der Waals surface area contributed by atoms with Crippen molar-refractivity contribution in [2.45, 2.75) is 213 Å². The molecule has 0 saturated heterocycles. The molecule has 0 aliphatic carbocycles. The summed E-state index contributed by atoms with van der Waals surface area (Å²) in [6, 6.07) is 0. The largest absolute Gasteiger partial charge is 0.356 e. The molecule has 2 heteroatoms. The Morgan fingerprint density at radius 3 is 0.795 bits per heavy atom. The van der Waals surface area contributed by atoms with Crippen LogP contribution in [0.3, 0.4) is 0 Å². The number of hydrogen-bond acceptors (Lipinski definition) is 2. The van der Waals surface area contributed by atoms with Crippen LogP contribution in [0.15, 0.2) is 12.4 Å². The van der Waals surface area contributed by atoms with Crippen molar-refractivity contribution in [1.82, 2.24) is 9.80 Å². The maximum absolute atomic E-state index is 2.63. The molecule has 1 aliphatic rings. The Bertz CT molecular complexity index is 460. The lowest BCUT2D eigenvalue weighted by Gasteiger charge is -2.32. The van der Waals surface area contributed by atoms with Crippen LogP contribution in [0.5, 0.6) is 0 Å². The van der Waals surface area contributed by atoms with E-state index in [9.17, 15) is 0 Å². The topological polar surface area (TPSA) is 6.48 Å². The highest BCUT2D eigenvalue weighted by Gasteiger charge is 2.23. The molecule has 0 unspecified atom stereocenters.